The Morgan fingerprint density at radius 2 is 2.16 bits per heavy atom. The molecule has 4 heteroatoms. The molecule has 100 valence electrons. The number of halogens is 1. The van der Waals surface area contributed by atoms with E-state index in [0.717, 1.165) is 23.4 Å². The van der Waals surface area contributed by atoms with E-state index in [4.69, 9.17) is 5.73 Å². The zero-order valence-corrected chi connectivity index (χ0v) is 11.0. The van der Waals surface area contributed by atoms with Crippen molar-refractivity contribution in [2.24, 2.45) is 5.73 Å². The number of rotatable bonds is 5. The van der Waals surface area contributed by atoms with E-state index in [-0.39, 0.29) is 5.82 Å². The molecule has 0 amide bonds. The zero-order chi connectivity index (χ0) is 13.7. The quantitative estimate of drug-likeness (QED) is 0.896. The van der Waals surface area contributed by atoms with Crippen molar-refractivity contribution in [3.63, 3.8) is 0 Å². The first-order chi connectivity index (χ1) is 9.20. The normalized spacial score (nSPS) is 10.5. The third-order valence-electron chi connectivity index (χ3n) is 3.01. The fourth-order valence-corrected chi connectivity index (χ4v) is 2.13. The maximum atomic E-state index is 13.3. The number of hydrogen-bond donors (Lipinski definition) is 1. The van der Waals surface area contributed by atoms with E-state index < -0.39 is 0 Å². The van der Waals surface area contributed by atoms with Crippen LogP contribution in [0.2, 0.25) is 0 Å². The number of pyridine rings is 1. The van der Waals surface area contributed by atoms with Crippen LogP contribution in [0.3, 0.4) is 0 Å². The second kappa shape index (κ2) is 6.29. The molecule has 3 nitrogen and oxygen atoms in total. The fraction of sp³-hybridized carbons (Fsp3) is 0.267. The zero-order valence-electron chi connectivity index (χ0n) is 11.0. The highest BCUT2D eigenvalue weighted by Gasteiger charge is 2.09. The summed E-state index contributed by atoms with van der Waals surface area (Å²) in [6, 6.07) is 8.78. The first kappa shape index (κ1) is 13.5. The lowest BCUT2D eigenvalue weighted by atomic mass is 10.1. The second-order valence-corrected chi connectivity index (χ2v) is 4.53. The van der Waals surface area contributed by atoms with Gasteiger partial charge in [0.15, 0.2) is 0 Å². The maximum Gasteiger partial charge on any atom is 0.123 e. The van der Waals surface area contributed by atoms with Gasteiger partial charge in [0, 0.05) is 31.7 Å². The molecule has 0 atom stereocenters. The first-order valence-corrected chi connectivity index (χ1v) is 6.29. The molecule has 0 aliphatic carbocycles. The molecule has 0 spiro atoms. The Hall–Kier alpha value is -1.94. The molecular formula is C15H18FN3. The number of anilines is 1. The Kier molecular flexibility index (Phi) is 4.47. The number of benzene rings is 1. The lowest BCUT2D eigenvalue weighted by Crippen LogP contribution is -2.19. The molecule has 0 aliphatic heterocycles. The molecular weight excluding hydrogens is 241 g/mol. The molecule has 0 unspecified atom stereocenters. The highest BCUT2D eigenvalue weighted by Crippen LogP contribution is 2.22. The van der Waals surface area contributed by atoms with Gasteiger partial charge in [-0.25, -0.2) is 4.39 Å². The van der Waals surface area contributed by atoms with Gasteiger partial charge in [0.1, 0.15) is 5.82 Å². The number of nitrogens with zero attached hydrogens (tertiary/aromatic N) is 2. The van der Waals surface area contributed by atoms with Gasteiger partial charge in [-0.1, -0.05) is 6.07 Å². The predicted molar refractivity (Wildman–Crippen MR) is 75.5 cm³/mol. The minimum atomic E-state index is -0.220. The van der Waals surface area contributed by atoms with Gasteiger partial charge in [-0.3, -0.25) is 4.98 Å². The molecule has 2 rings (SSSR count). The molecule has 1 heterocycles. The summed E-state index contributed by atoms with van der Waals surface area (Å²) in [6.07, 6.45) is 4.26. The summed E-state index contributed by atoms with van der Waals surface area (Å²) < 4.78 is 13.3. The first-order valence-electron chi connectivity index (χ1n) is 6.29. The number of aromatic nitrogens is 1. The highest BCUT2D eigenvalue weighted by atomic mass is 19.1. The van der Waals surface area contributed by atoms with Gasteiger partial charge in [-0.2, -0.15) is 0 Å². The molecule has 2 N–H and O–H groups in total. The molecule has 0 aliphatic rings. The minimum absolute atomic E-state index is 0.220. The molecule has 0 saturated carbocycles. The van der Waals surface area contributed by atoms with Gasteiger partial charge in [-0.05, 0) is 48.4 Å². The average molecular weight is 259 g/mol. The Morgan fingerprint density at radius 1 is 1.32 bits per heavy atom. The van der Waals surface area contributed by atoms with Crippen LogP contribution in [0.1, 0.15) is 11.1 Å². The van der Waals surface area contributed by atoms with Crippen molar-refractivity contribution >= 4 is 5.69 Å². The number of hydrogen-bond acceptors (Lipinski definition) is 3. The summed E-state index contributed by atoms with van der Waals surface area (Å²) >= 11 is 0. The standard InChI is InChI=1S/C15H18FN3/c1-19(11-12-3-2-8-18-10-12)15-5-4-14(16)9-13(15)6-7-17/h2-5,8-10H,6-7,11,17H2,1H3. The van der Waals surface area contributed by atoms with Gasteiger partial charge in [0.25, 0.3) is 0 Å². The SMILES string of the molecule is CN(Cc1cccnc1)c1ccc(F)cc1CCN. The number of nitrogens with two attached hydrogens (primary N) is 1. The van der Waals surface area contributed by atoms with Crippen LogP contribution in [-0.2, 0) is 13.0 Å². The Balaban J connectivity index is 2.20. The van der Waals surface area contributed by atoms with Crippen molar-refractivity contribution in [3.05, 3.63) is 59.7 Å². The molecule has 0 radical (unpaired) electrons. The van der Waals surface area contributed by atoms with Gasteiger partial charge in [-0.15, -0.1) is 0 Å². The molecule has 0 saturated heterocycles. The molecule has 19 heavy (non-hydrogen) atoms. The Labute approximate surface area is 112 Å². The second-order valence-electron chi connectivity index (χ2n) is 4.53. The summed E-state index contributed by atoms with van der Waals surface area (Å²) in [4.78, 5) is 6.18. The van der Waals surface area contributed by atoms with E-state index in [1.165, 1.54) is 6.07 Å². The summed E-state index contributed by atoms with van der Waals surface area (Å²) in [6.45, 7) is 1.24. The Bertz CT molecular complexity index is 528. The van der Waals surface area contributed by atoms with Gasteiger partial charge < -0.3 is 10.6 Å². The van der Waals surface area contributed by atoms with E-state index >= 15 is 0 Å². The van der Waals surface area contributed by atoms with Crippen LogP contribution < -0.4 is 10.6 Å². The van der Waals surface area contributed by atoms with E-state index in [9.17, 15) is 4.39 Å². The van der Waals surface area contributed by atoms with Crippen LogP contribution in [0, 0.1) is 5.82 Å². The van der Waals surface area contributed by atoms with Crippen LogP contribution >= 0.6 is 0 Å². The molecule has 2 aromatic rings. The molecule has 0 fully saturated rings. The largest absolute Gasteiger partial charge is 0.370 e. The van der Waals surface area contributed by atoms with Crippen molar-refractivity contribution < 1.29 is 4.39 Å². The van der Waals surface area contributed by atoms with Gasteiger partial charge in [0.2, 0.25) is 0 Å². The Morgan fingerprint density at radius 3 is 2.84 bits per heavy atom. The topological polar surface area (TPSA) is 42.2 Å². The molecule has 0 bridgehead atoms. The van der Waals surface area contributed by atoms with Crippen molar-refractivity contribution in [2.75, 3.05) is 18.5 Å². The van der Waals surface area contributed by atoms with Crippen molar-refractivity contribution in [1.82, 2.24) is 4.98 Å². The van der Waals surface area contributed by atoms with E-state index in [1.807, 2.05) is 25.4 Å². The van der Waals surface area contributed by atoms with Crippen LogP contribution in [0.5, 0.6) is 0 Å². The van der Waals surface area contributed by atoms with Gasteiger partial charge >= 0.3 is 0 Å². The summed E-state index contributed by atoms with van der Waals surface area (Å²) in [5, 5.41) is 0. The van der Waals surface area contributed by atoms with E-state index in [2.05, 4.69) is 9.88 Å². The van der Waals surface area contributed by atoms with Crippen molar-refractivity contribution in [3.8, 4) is 0 Å². The summed E-state index contributed by atoms with van der Waals surface area (Å²) in [5.74, 6) is -0.220. The average Bonchev–Trinajstić information content (AvgIpc) is 2.40. The van der Waals surface area contributed by atoms with Crippen LogP contribution in [-0.4, -0.2) is 18.6 Å². The monoisotopic (exact) mass is 259 g/mol. The van der Waals surface area contributed by atoms with Crippen LogP contribution in [0.25, 0.3) is 0 Å². The summed E-state index contributed by atoms with van der Waals surface area (Å²) in [7, 11) is 1.99. The van der Waals surface area contributed by atoms with Gasteiger partial charge in [0.05, 0.1) is 0 Å². The summed E-state index contributed by atoms with van der Waals surface area (Å²) in [5.41, 5.74) is 8.65. The lowest BCUT2D eigenvalue weighted by Gasteiger charge is -2.22. The predicted octanol–water partition coefficient (Wildman–Crippen LogP) is 2.36. The van der Waals surface area contributed by atoms with Crippen molar-refractivity contribution in [1.29, 1.82) is 0 Å². The lowest BCUT2D eigenvalue weighted by molar-refractivity contribution is 0.625. The van der Waals surface area contributed by atoms with Crippen LogP contribution in [0.4, 0.5) is 10.1 Å². The smallest absolute Gasteiger partial charge is 0.123 e. The molecule has 1 aromatic carbocycles. The molecule has 1 aromatic heterocycles. The van der Waals surface area contributed by atoms with E-state index in [1.54, 1.807) is 18.3 Å². The maximum absolute atomic E-state index is 13.3. The van der Waals surface area contributed by atoms with E-state index in [0.29, 0.717) is 13.0 Å². The van der Waals surface area contributed by atoms with Crippen molar-refractivity contribution in [2.45, 2.75) is 13.0 Å². The fourth-order valence-electron chi connectivity index (χ4n) is 2.13. The van der Waals surface area contributed by atoms with Crippen LogP contribution in [0.15, 0.2) is 42.7 Å². The minimum Gasteiger partial charge on any atom is -0.370 e. The third-order valence-corrected chi connectivity index (χ3v) is 3.01. The third kappa shape index (κ3) is 3.51. The highest BCUT2D eigenvalue weighted by molar-refractivity contribution is 5.53.